The predicted molar refractivity (Wildman–Crippen MR) is 305 cm³/mol. The number of carbonyl (C=O) groups is 5. The number of anilines is 1. The quantitative estimate of drug-likeness (QED) is 0.115. The van der Waals surface area contributed by atoms with Crippen LogP contribution in [0.2, 0.25) is 0 Å². The summed E-state index contributed by atoms with van der Waals surface area (Å²) in [6.07, 6.45) is 2.32. The summed E-state index contributed by atoms with van der Waals surface area (Å²) < 4.78 is 19.8. The van der Waals surface area contributed by atoms with Crippen LogP contribution in [0.4, 0.5) is 10.5 Å². The van der Waals surface area contributed by atoms with Crippen LogP contribution in [0.25, 0.3) is 33.3 Å². The van der Waals surface area contributed by atoms with Crippen molar-refractivity contribution in [3.63, 3.8) is 0 Å². The lowest BCUT2D eigenvalue weighted by Gasteiger charge is -2.37. The van der Waals surface area contributed by atoms with E-state index in [1.54, 1.807) is 26.3 Å². The first-order valence-electron chi connectivity index (χ1n) is 28.4. The smallest absolute Gasteiger partial charge is 0.409 e. The zero-order valence-corrected chi connectivity index (χ0v) is 48.0. The number of amides is 4. The average Bonchev–Trinajstić information content (AvgIpc) is 4.21. The van der Waals surface area contributed by atoms with Crippen molar-refractivity contribution in [3.8, 4) is 28.1 Å². The van der Waals surface area contributed by atoms with Gasteiger partial charge in [-0.25, -0.2) is 10.2 Å². The van der Waals surface area contributed by atoms with Crippen LogP contribution in [0.5, 0.6) is 5.75 Å². The fourth-order valence-electron chi connectivity index (χ4n) is 13.0. The zero-order valence-electron chi connectivity index (χ0n) is 48.0. The molecule has 18 heteroatoms. The Morgan fingerprint density at radius 2 is 1.70 bits per heavy atom. The maximum atomic E-state index is 15.2. The fourth-order valence-corrected chi connectivity index (χ4v) is 13.0. The zero-order chi connectivity index (χ0) is 56.9. The number of hydrazine groups is 1. The van der Waals surface area contributed by atoms with Gasteiger partial charge in [-0.1, -0.05) is 70.2 Å². The van der Waals surface area contributed by atoms with Crippen molar-refractivity contribution in [2.24, 2.45) is 29.1 Å². The van der Waals surface area contributed by atoms with Gasteiger partial charge < -0.3 is 48.8 Å². The van der Waals surface area contributed by atoms with E-state index in [-0.39, 0.29) is 61.6 Å². The standard InChI is InChI=1S/C62H79N9O9/c1-11-70-52-18-17-40-27-46(52)48(56(70)47-29-43(31-63-53(47)37(4)78-9)68-21-19-66(7)20-22-68)30-62(5,6)35-80-60(76)54-45-28-42(45)32-71(65-54)59(75)51(25-38-23-41(40)26-44(72)24-38)64-57(73)55(36(2)3)67(8)58(74)50-34-69(61(77)79-10)33-49(50)39-15-13-12-14-16-39/h12-18,23-24,26-27,29,31,36-37,42,45,49-51,54-55,65,72H,11,19-22,25,28,30,32-35H2,1-10H3,(H,64,73)/t37-,42?,45-,49+,50+,51-,54-,55-/m0/s1. The highest BCUT2D eigenvalue weighted by molar-refractivity contribution is 5.96. The van der Waals surface area contributed by atoms with Gasteiger partial charge in [0.05, 0.1) is 49.0 Å². The molecule has 80 heavy (non-hydrogen) atoms. The predicted octanol–water partition coefficient (Wildman–Crippen LogP) is 7.02. The van der Waals surface area contributed by atoms with Gasteiger partial charge in [-0.15, -0.1) is 0 Å². The van der Waals surface area contributed by atoms with Crippen LogP contribution in [0, 0.1) is 29.1 Å². The van der Waals surface area contributed by atoms with Crippen molar-refractivity contribution in [2.45, 2.75) is 97.5 Å². The molecule has 2 aromatic heterocycles. The molecule has 6 heterocycles. The lowest BCUT2D eigenvalue weighted by Crippen LogP contribution is -2.63. The number of nitrogens with zero attached hydrogens (tertiary/aromatic N) is 7. The number of likely N-dealkylation sites (tertiary alicyclic amines) is 1. The Hall–Kier alpha value is -7.02. The van der Waals surface area contributed by atoms with Crippen LogP contribution in [-0.4, -0.2) is 163 Å². The molecule has 3 N–H and O–H groups in total. The summed E-state index contributed by atoms with van der Waals surface area (Å²) in [5, 5.41) is 17.1. The number of benzene rings is 3. The maximum absolute atomic E-state index is 15.2. The first-order valence-corrected chi connectivity index (χ1v) is 28.4. The molecule has 3 saturated heterocycles. The van der Waals surface area contributed by atoms with Crippen molar-refractivity contribution >= 4 is 46.4 Å². The van der Waals surface area contributed by atoms with Crippen molar-refractivity contribution in [1.29, 1.82) is 0 Å². The third kappa shape index (κ3) is 11.2. The summed E-state index contributed by atoms with van der Waals surface area (Å²) >= 11 is 0. The number of likely N-dealkylation sites (N-methyl/N-ethyl adjacent to an activating group) is 2. The van der Waals surface area contributed by atoms with Gasteiger partial charge >= 0.3 is 12.1 Å². The number of phenolic OH excluding ortho intramolecular Hbond substituents is 1. The molecular formula is C62H79N9O9. The summed E-state index contributed by atoms with van der Waals surface area (Å²) in [4.78, 5) is 85.2. The molecule has 18 nitrogen and oxygen atoms in total. The third-order valence-corrected chi connectivity index (χ3v) is 17.5. The molecule has 6 bridgehead atoms. The second-order valence-electron chi connectivity index (χ2n) is 24.1. The molecule has 8 atom stereocenters. The first kappa shape index (κ1) is 56.3. The van der Waals surface area contributed by atoms with E-state index in [1.807, 2.05) is 63.4 Å². The van der Waals surface area contributed by atoms with Gasteiger partial charge in [0.15, 0.2) is 0 Å². The van der Waals surface area contributed by atoms with Crippen molar-refractivity contribution in [2.75, 3.05) is 85.6 Å². The van der Waals surface area contributed by atoms with E-state index >= 15 is 9.59 Å². The number of carbonyl (C=O) groups excluding carboxylic acids is 5. The number of pyridine rings is 1. The average molecular weight is 1090 g/mol. The van der Waals surface area contributed by atoms with Crippen LogP contribution in [0.3, 0.4) is 0 Å². The molecule has 0 radical (unpaired) electrons. The number of ether oxygens (including phenoxy) is 3. The lowest BCUT2D eigenvalue weighted by molar-refractivity contribution is -0.156. The highest BCUT2D eigenvalue weighted by Crippen LogP contribution is 2.46. The minimum atomic E-state index is -1.20. The Labute approximate surface area is 469 Å². The lowest BCUT2D eigenvalue weighted by atomic mass is 9.84. The van der Waals surface area contributed by atoms with E-state index in [4.69, 9.17) is 19.2 Å². The molecule has 3 aromatic carbocycles. The molecule has 4 fully saturated rings. The molecular weight excluding hydrogens is 1010 g/mol. The van der Waals surface area contributed by atoms with E-state index in [2.05, 4.69) is 77.2 Å². The van der Waals surface area contributed by atoms with Crippen molar-refractivity contribution < 1.29 is 43.3 Å². The Balaban J connectivity index is 1.05. The number of aryl methyl sites for hydroxylation is 1. The Morgan fingerprint density at radius 1 is 0.950 bits per heavy atom. The van der Waals surface area contributed by atoms with Crippen molar-refractivity contribution in [1.82, 2.24) is 40.0 Å². The number of methoxy groups -OCH3 is 2. The molecule has 1 aliphatic carbocycles. The molecule has 0 spiro atoms. The van der Waals surface area contributed by atoms with Gasteiger partial charge in [0.2, 0.25) is 11.8 Å². The number of hydrogen-bond donors (Lipinski definition) is 3. The molecule has 5 aromatic rings. The monoisotopic (exact) mass is 1090 g/mol. The van der Waals surface area contributed by atoms with E-state index in [9.17, 15) is 19.5 Å². The topological polar surface area (TPSA) is 191 Å². The van der Waals surface area contributed by atoms with E-state index in [0.29, 0.717) is 30.6 Å². The van der Waals surface area contributed by atoms with Crippen LogP contribution in [0.1, 0.15) is 82.4 Å². The number of cyclic esters (lactones) is 1. The molecule has 1 unspecified atom stereocenters. The van der Waals surface area contributed by atoms with Gasteiger partial charge in [-0.3, -0.25) is 29.2 Å². The molecule has 426 valence electrons. The minimum Gasteiger partial charge on any atom is -0.508 e. The maximum Gasteiger partial charge on any atom is 0.409 e. The van der Waals surface area contributed by atoms with Crippen LogP contribution in [0.15, 0.2) is 79.0 Å². The third-order valence-electron chi connectivity index (χ3n) is 17.5. The number of esters is 1. The number of nitrogens with one attached hydrogen (secondary N) is 2. The molecule has 4 aliphatic heterocycles. The van der Waals surface area contributed by atoms with E-state index in [0.717, 1.165) is 82.8 Å². The minimum absolute atomic E-state index is 0.0154. The van der Waals surface area contributed by atoms with Gasteiger partial charge in [0.25, 0.3) is 5.91 Å². The number of rotatable bonds is 11. The van der Waals surface area contributed by atoms with E-state index < -0.39 is 59.3 Å². The van der Waals surface area contributed by atoms with Crippen LogP contribution < -0.4 is 15.6 Å². The summed E-state index contributed by atoms with van der Waals surface area (Å²) in [5.41, 5.74) is 11.6. The van der Waals surface area contributed by atoms with Crippen LogP contribution >= 0.6 is 0 Å². The summed E-state index contributed by atoms with van der Waals surface area (Å²) in [5.74, 6) is -3.24. The van der Waals surface area contributed by atoms with Crippen LogP contribution in [-0.2, 0) is 52.8 Å². The highest BCUT2D eigenvalue weighted by Gasteiger charge is 2.53. The summed E-state index contributed by atoms with van der Waals surface area (Å²) in [6.45, 7) is 17.1. The summed E-state index contributed by atoms with van der Waals surface area (Å²) in [6, 6.07) is 20.4. The molecule has 10 rings (SSSR count). The summed E-state index contributed by atoms with van der Waals surface area (Å²) in [7, 11) is 6.76. The van der Waals surface area contributed by atoms with Gasteiger partial charge in [-0.05, 0) is 110 Å². The second kappa shape index (κ2) is 22.8. The molecule has 5 aliphatic rings. The van der Waals surface area contributed by atoms with Gasteiger partial charge in [0.1, 0.15) is 23.9 Å². The number of fused-ring (bicyclic) bond motifs is 8. The number of hydrogen-bond acceptors (Lipinski definition) is 13. The van der Waals surface area contributed by atoms with Crippen molar-refractivity contribution in [3.05, 3.63) is 101 Å². The number of piperazine rings is 1. The van der Waals surface area contributed by atoms with Gasteiger partial charge in [-0.2, -0.15) is 0 Å². The SMILES string of the molecule is CCn1c(-c2cc(N3CCN(C)CC3)cnc2[C@H](C)OC)c2c3cc(ccc31)-c1cc(O)cc(c1)C[C@H](NC(=O)[C@H](C(C)C)N(C)C(=O)[C@@H]1CN(C(=O)OC)C[C@@H]1c1ccccc1)C(=O)N1CC3C[C@@H]3[C@H](N1)C(=O)OCC(C)(C)C2. The number of aromatic nitrogens is 2. The Kier molecular flexibility index (Phi) is 16.1. The number of aromatic hydroxyl groups is 1. The Morgan fingerprint density at radius 3 is 2.40 bits per heavy atom. The second-order valence-corrected chi connectivity index (χ2v) is 24.1. The van der Waals surface area contributed by atoms with Gasteiger partial charge in [0, 0.05) is 101 Å². The molecule has 4 amide bonds. The molecule has 1 saturated carbocycles. The Bertz CT molecular complexity index is 3150. The first-order chi connectivity index (χ1) is 38.3. The largest absolute Gasteiger partial charge is 0.508 e. The fraction of sp³-hybridized carbons (Fsp3) is 0.516. The highest BCUT2D eigenvalue weighted by atomic mass is 16.5. The normalized spacial score (nSPS) is 24.0. The van der Waals surface area contributed by atoms with E-state index in [1.165, 1.54) is 21.9 Å². The number of phenols is 1.